The van der Waals surface area contributed by atoms with Crippen molar-refractivity contribution in [3.8, 4) is 0 Å². The molecular formula is C19H24F3N3O4. The van der Waals surface area contributed by atoms with Crippen molar-refractivity contribution in [1.82, 2.24) is 15.1 Å². The number of hydrogen-bond acceptors (Lipinski definition) is 3. The third-order valence-corrected chi connectivity index (χ3v) is 4.70. The van der Waals surface area contributed by atoms with Gasteiger partial charge in [0.1, 0.15) is 0 Å². The quantitative estimate of drug-likeness (QED) is 0.607. The molecule has 2 N–H and O–H groups in total. The number of unbranched alkanes of at least 4 members (excludes halogenated alkanes) is 1. The van der Waals surface area contributed by atoms with Crippen LogP contribution in [-0.2, 0) is 15.8 Å². The van der Waals surface area contributed by atoms with E-state index in [1.807, 2.05) is 0 Å². The van der Waals surface area contributed by atoms with Crippen molar-refractivity contribution < 1.29 is 32.7 Å². The highest BCUT2D eigenvalue weighted by molar-refractivity contribution is 5.78. The van der Waals surface area contributed by atoms with Gasteiger partial charge in [0.05, 0.1) is 18.0 Å². The number of halogens is 3. The van der Waals surface area contributed by atoms with Gasteiger partial charge in [-0.1, -0.05) is 12.1 Å². The Bertz CT molecular complexity index is 754. The van der Waals surface area contributed by atoms with Crippen molar-refractivity contribution in [2.75, 3.05) is 26.2 Å². The number of nitrogens with one attached hydrogen (secondary N) is 1. The van der Waals surface area contributed by atoms with E-state index < -0.39 is 36.2 Å². The third kappa shape index (κ3) is 6.37. The topological polar surface area (TPSA) is 90.0 Å². The summed E-state index contributed by atoms with van der Waals surface area (Å²) in [6.07, 6.45) is -3.72. The Morgan fingerprint density at radius 3 is 2.59 bits per heavy atom. The minimum Gasteiger partial charge on any atom is -0.481 e. The van der Waals surface area contributed by atoms with Crippen molar-refractivity contribution in [2.24, 2.45) is 0 Å². The standard InChI is InChI=1S/C19H24F3N3O4/c1-13(26)23-7-2-3-8-24-9-10-25(18(24)29)16(12-17(27)28)14-5-4-6-15(11-14)19(20,21)22/h4-6,11,16H,2-3,7-10,12H2,1H3,(H,23,26)(H,27,28). The van der Waals surface area contributed by atoms with Crippen LogP contribution in [0.15, 0.2) is 24.3 Å². The zero-order valence-electron chi connectivity index (χ0n) is 16.0. The minimum atomic E-state index is -4.56. The molecule has 0 spiro atoms. The van der Waals surface area contributed by atoms with Crippen molar-refractivity contribution >= 4 is 17.9 Å². The van der Waals surface area contributed by atoms with Crippen LogP contribution < -0.4 is 5.32 Å². The van der Waals surface area contributed by atoms with Gasteiger partial charge in [-0.2, -0.15) is 13.2 Å². The first-order chi connectivity index (χ1) is 13.6. The van der Waals surface area contributed by atoms with E-state index in [4.69, 9.17) is 0 Å². The fourth-order valence-corrected chi connectivity index (χ4v) is 3.29. The summed E-state index contributed by atoms with van der Waals surface area (Å²) in [5.74, 6) is -1.33. The molecule has 0 aromatic heterocycles. The maximum absolute atomic E-state index is 13.0. The average Bonchev–Trinajstić information content (AvgIpc) is 2.99. The van der Waals surface area contributed by atoms with E-state index in [9.17, 15) is 32.7 Å². The van der Waals surface area contributed by atoms with Gasteiger partial charge in [-0.3, -0.25) is 9.59 Å². The van der Waals surface area contributed by atoms with E-state index in [1.54, 1.807) is 4.90 Å². The predicted molar refractivity (Wildman–Crippen MR) is 98.0 cm³/mol. The molecule has 3 amide bonds. The summed E-state index contributed by atoms with van der Waals surface area (Å²) >= 11 is 0. The van der Waals surface area contributed by atoms with Crippen LogP contribution in [0.1, 0.15) is 43.4 Å². The van der Waals surface area contributed by atoms with E-state index in [0.717, 1.165) is 12.1 Å². The number of aliphatic carboxylic acids is 1. The molecule has 1 heterocycles. The van der Waals surface area contributed by atoms with Gasteiger partial charge in [-0.25, -0.2) is 4.79 Å². The van der Waals surface area contributed by atoms with E-state index in [2.05, 4.69) is 5.32 Å². The number of amides is 3. The van der Waals surface area contributed by atoms with Gasteiger partial charge in [-0.15, -0.1) is 0 Å². The SMILES string of the molecule is CC(=O)NCCCCN1CCN(C(CC(=O)O)c2cccc(C(F)(F)F)c2)C1=O. The van der Waals surface area contributed by atoms with Gasteiger partial charge >= 0.3 is 18.2 Å². The molecule has 1 aromatic rings. The molecule has 0 aliphatic carbocycles. The third-order valence-electron chi connectivity index (χ3n) is 4.70. The van der Waals surface area contributed by atoms with E-state index in [0.29, 0.717) is 32.5 Å². The highest BCUT2D eigenvalue weighted by Gasteiger charge is 2.37. The van der Waals surface area contributed by atoms with Gasteiger partial charge in [0.15, 0.2) is 0 Å². The van der Waals surface area contributed by atoms with Crippen LogP contribution in [0, 0.1) is 0 Å². The average molecular weight is 415 g/mol. The normalized spacial score (nSPS) is 15.5. The molecule has 0 bridgehead atoms. The van der Waals surface area contributed by atoms with Crippen molar-refractivity contribution in [1.29, 1.82) is 0 Å². The van der Waals surface area contributed by atoms with Gasteiger partial charge in [0, 0.05) is 33.1 Å². The molecule has 7 nitrogen and oxygen atoms in total. The molecule has 1 aliphatic rings. The summed E-state index contributed by atoms with van der Waals surface area (Å²) in [5.41, 5.74) is -0.741. The molecule has 160 valence electrons. The van der Waals surface area contributed by atoms with Crippen LogP contribution in [0.25, 0.3) is 0 Å². The lowest BCUT2D eigenvalue weighted by molar-refractivity contribution is -0.138. The van der Waals surface area contributed by atoms with E-state index in [-0.39, 0.29) is 18.0 Å². The molecule has 0 saturated carbocycles. The molecule has 1 aromatic carbocycles. The Morgan fingerprint density at radius 2 is 1.97 bits per heavy atom. The predicted octanol–water partition coefficient (Wildman–Crippen LogP) is 2.88. The van der Waals surface area contributed by atoms with E-state index >= 15 is 0 Å². The molecule has 10 heteroatoms. The lowest BCUT2D eigenvalue weighted by atomic mass is 10.00. The number of alkyl halides is 3. The molecule has 1 fully saturated rings. The monoisotopic (exact) mass is 415 g/mol. The molecule has 1 aliphatic heterocycles. The van der Waals surface area contributed by atoms with Gasteiger partial charge < -0.3 is 20.2 Å². The lowest BCUT2D eigenvalue weighted by Gasteiger charge is -2.28. The van der Waals surface area contributed by atoms with Gasteiger partial charge in [0.2, 0.25) is 5.91 Å². The minimum absolute atomic E-state index is 0.133. The summed E-state index contributed by atoms with van der Waals surface area (Å²) < 4.78 is 39.1. The Kier molecular flexibility index (Phi) is 7.46. The second-order valence-corrected chi connectivity index (χ2v) is 6.89. The van der Waals surface area contributed by atoms with Crippen LogP contribution >= 0.6 is 0 Å². The largest absolute Gasteiger partial charge is 0.481 e. The Labute approximate surface area is 166 Å². The van der Waals surface area contributed by atoms with Gasteiger partial charge in [0.25, 0.3) is 0 Å². The van der Waals surface area contributed by atoms with Crippen molar-refractivity contribution in [2.45, 2.75) is 38.4 Å². The molecule has 2 rings (SSSR count). The second-order valence-electron chi connectivity index (χ2n) is 6.89. The number of nitrogens with zero attached hydrogens (tertiary/aromatic N) is 2. The Hall–Kier alpha value is -2.78. The highest BCUT2D eigenvalue weighted by atomic mass is 19.4. The van der Waals surface area contributed by atoms with Crippen molar-refractivity contribution in [3.05, 3.63) is 35.4 Å². The molecule has 0 radical (unpaired) electrons. The number of rotatable bonds is 9. The zero-order valence-corrected chi connectivity index (χ0v) is 16.0. The molecule has 29 heavy (non-hydrogen) atoms. The zero-order chi connectivity index (χ0) is 21.6. The van der Waals surface area contributed by atoms with Gasteiger partial charge in [-0.05, 0) is 30.5 Å². The Balaban J connectivity index is 2.08. The first kappa shape index (κ1) is 22.5. The van der Waals surface area contributed by atoms with Crippen LogP contribution in [0.3, 0.4) is 0 Å². The number of carbonyl (C=O) groups is 3. The van der Waals surface area contributed by atoms with Crippen LogP contribution in [-0.4, -0.2) is 59.0 Å². The Morgan fingerprint density at radius 1 is 1.24 bits per heavy atom. The highest BCUT2D eigenvalue weighted by Crippen LogP contribution is 2.34. The number of hydrogen-bond donors (Lipinski definition) is 2. The number of benzene rings is 1. The summed E-state index contributed by atoms with van der Waals surface area (Å²) in [6, 6.07) is 3.06. The first-order valence-corrected chi connectivity index (χ1v) is 9.28. The van der Waals surface area contributed by atoms with E-state index in [1.165, 1.54) is 24.0 Å². The van der Waals surface area contributed by atoms with Crippen molar-refractivity contribution in [3.63, 3.8) is 0 Å². The maximum atomic E-state index is 13.0. The molecule has 1 unspecified atom stereocenters. The molecular weight excluding hydrogens is 391 g/mol. The summed E-state index contributed by atoms with van der Waals surface area (Å²) in [7, 11) is 0. The summed E-state index contributed by atoms with van der Waals surface area (Å²) in [5, 5.41) is 11.9. The lowest BCUT2D eigenvalue weighted by Crippen LogP contribution is -2.36. The van der Waals surface area contributed by atoms with Crippen LogP contribution in [0.2, 0.25) is 0 Å². The summed E-state index contributed by atoms with van der Waals surface area (Å²) in [4.78, 5) is 37.7. The fraction of sp³-hybridized carbons (Fsp3) is 0.526. The number of carboxylic acids is 1. The number of carboxylic acid groups (broad SMARTS) is 1. The smallest absolute Gasteiger partial charge is 0.416 e. The number of carbonyl (C=O) groups excluding carboxylic acids is 2. The van der Waals surface area contributed by atoms with Crippen LogP contribution in [0.5, 0.6) is 0 Å². The molecule has 1 saturated heterocycles. The first-order valence-electron chi connectivity index (χ1n) is 9.28. The number of urea groups is 1. The van der Waals surface area contributed by atoms with Crippen LogP contribution in [0.4, 0.5) is 18.0 Å². The second kappa shape index (κ2) is 9.62. The maximum Gasteiger partial charge on any atom is 0.416 e. The summed E-state index contributed by atoms with van der Waals surface area (Å²) in [6.45, 7) is 2.94. The fourth-order valence-electron chi connectivity index (χ4n) is 3.29. The molecule has 1 atom stereocenters.